The Balaban J connectivity index is 3.29. The van der Waals surface area contributed by atoms with Gasteiger partial charge in [-0.25, -0.2) is 0 Å². The minimum atomic E-state index is 0.0212. The zero-order valence-electron chi connectivity index (χ0n) is 11.6. The number of rotatable bonds is 6. The van der Waals surface area contributed by atoms with Crippen molar-refractivity contribution in [2.75, 3.05) is 24.6 Å². The Morgan fingerprint density at radius 1 is 1.37 bits per heavy atom. The number of aryl methyl sites for hydroxylation is 1. The van der Waals surface area contributed by atoms with Crippen molar-refractivity contribution in [2.24, 2.45) is 10.9 Å². The van der Waals surface area contributed by atoms with Crippen LogP contribution in [0.1, 0.15) is 30.2 Å². The first-order chi connectivity index (χ1) is 9.06. The van der Waals surface area contributed by atoms with Crippen molar-refractivity contribution in [3.63, 3.8) is 0 Å². The molecular formula is C12H21N5O2. The zero-order chi connectivity index (χ0) is 14.4. The summed E-state index contributed by atoms with van der Waals surface area (Å²) in [4.78, 5) is 1.95. The van der Waals surface area contributed by atoms with Crippen LogP contribution >= 0.6 is 0 Å². The molecule has 1 heterocycles. The van der Waals surface area contributed by atoms with E-state index in [9.17, 15) is 0 Å². The molecule has 0 saturated heterocycles. The molecule has 19 heavy (non-hydrogen) atoms. The fourth-order valence-electron chi connectivity index (χ4n) is 1.85. The summed E-state index contributed by atoms with van der Waals surface area (Å²) in [5.74, 6) is 0.599. The van der Waals surface area contributed by atoms with Crippen molar-refractivity contribution in [1.29, 1.82) is 0 Å². The minimum Gasteiger partial charge on any atom is -0.409 e. The molecule has 0 bridgehead atoms. The van der Waals surface area contributed by atoms with Gasteiger partial charge in [0, 0.05) is 19.7 Å². The minimum absolute atomic E-state index is 0.0212. The summed E-state index contributed by atoms with van der Waals surface area (Å²) < 4.78 is 0. The van der Waals surface area contributed by atoms with Crippen molar-refractivity contribution >= 4 is 11.7 Å². The molecule has 1 rings (SSSR count). The second-order valence-electron chi connectivity index (χ2n) is 4.25. The smallest absolute Gasteiger partial charge is 0.174 e. The summed E-state index contributed by atoms with van der Waals surface area (Å²) in [6.07, 6.45) is 0.623. The third kappa shape index (κ3) is 3.31. The molecule has 1 aromatic heterocycles. The second-order valence-corrected chi connectivity index (χ2v) is 4.25. The molecule has 0 aromatic carbocycles. The monoisotopic (exact) mass is 267 g/mol. The van der Waals surface area contributed by atoms with E-state index in [2.05, 4.69) is 15.4 Å². The summed E-state index contributed by atoms with van der Waals surface area (Å²) in [6.45, 7) is 7.10. The average molecular weight is 267 g/mol. The quantitative estimate of drug-likeness (QED) is 0.298. The van der Waals surface area contributed by atoms with E-state index in [0.29, 0.717) is 30.9 Å². The van der Waals surface area contributed by atoms with Crippen LogP contribution in [0.15, 0.2) is 5.16 Å². The van der Waals surface area contributed by atoms with Crippen LogP contribution in [0.3, 0.4) is 0 Å². The number of aliphatic hydroxyl groups excluding tert-OH is 1. The van der Waals surface area contributed by atoms with Gasteiger partial charge in [-0.1, -0.05) is 5.16 Å². The third-order valence-corrected chi connectivity index (χ3v) is 3.07. The van der Waals surface area contributed by atoms with Crippen molar-refractivity contribution in [3.05, 3.63) is 16.8 Å². The molecule has 0 aliphatic carbocycles. The highest BCUT2D eigenvalue weighted by Crippen LogP contribution is 2.22. The number of nitrogens with zero attached hydrogens (tertiary/aromatic N) is 4. The molecule has 0 unspecified atom stereocenters. The van der Waals surface area contributed by atoms with Gasteiger partial charge in [0.15, 0.2) is 11.7 Å². The molecule has 1 aromatic rings. The lowest BCUT2D eigenvalue weighted by atomic mass is 10.1. The van der Waals surface area contributed by atoms with E-state index < -0.39 is 0 Å². The van der Waals surface area contributed by atoms with Crippen LogP contribution in [0, 0.1) is 13.8 Å². The summed E-state index contributed by atoms with van der Waals surface area (Å²) in [6, 6.07) is 0. The lowest BCUT2D eigenvalue weighted by Gasteiger charge is -2.24. The number of amidine groups is 1. The van der Waals surface area contributed by atoms with Gasteiger partial charge in [0.1, 0.15) is 0 Å². The van der Waals surface area contributed by atoms with Gasteiger partial charge >= 0.3 is 0 Å². The van der Waals surface area contributed by atoms with E-state index in [4.69, 9.17) is 16.0 Å². The van der Waals surface area contributed by atoms with Crippen LogP contribution in [0.5, 0.6) is 0 Å². The van der Waals surface area contributed by atoms with Crippen LogP contribution in [0.2, 0.25) is 0 Å². The molecule has 0 saturated carbocycles. The van der Waals surface area contributed by atoms with Gasteiger partial charge in [-0.3, -0.25) is 0 Å². The number of aliphatic hydroxyl groups is 1. The van der Waals surface area contributed by atoms with E-state index in [0.717, 1.165) is 11.3 Å². The number of anilines is 1. The molecule has 0 aliphatic heterocycles. The largest absolute Gasteiger partial charge is 0.409 e. The zero-order valence-corrected chi connectivity index (χ0v) is 11.6. The molecule has 106 valence electrons. The Kier molecular flexibility index (Phi) is 5.50. The number of hydrogen-bond donors (Lipinski definition) is 3. The molecule has 0 spiro atoms. The van der Waals surface area contributed by atoms with Gasteiger partial charge in [0.05, 0.1) is 11.3 Å². The topological polar surface area (TPSA) is 108 Å². The van der Waals surface area contributed by atoms with Crippen LogP contribution in [0.25, 0.3) is 0 Å². The Morgan fingerprint density at radius 3 is 2.58 bits per heavy atom. The Morgan fingerprint density at radius 2 is 2.05 bits per heavy atom. The molecule has 4 N–H and O–H groups in total. The van der Waals surface area contributed by atoms with Crippen molar-refractivity contribution in [1.82, 2.24) is 10.2 Å². The van der Waals surface area contributed by atoms with Gasteiger partial charge in [0.2, 0.25) is 0 Å². The molecule has 0 amide bonds. The fraction of sp³-hybridized carbons (Fsp3) is 0.583. The average Bonchev–Trinajstić information content (AvgIpc) is 2.42. The molecule has 7 nitrogen and oxygen atoms in total. The van der Waals surface area contributed by atoms with Gasteiger partial charge in [-0.05, 0) is 32.8 Å². The van der Waals surface area contributed by atoms with Crippen molar-refractivity contribution < 1.29 is 10.3 Å². The summed E-state index contributed by atoms with van der Waals surface area (Å²) in [5, 5.41) is 29.2. The Bertz CT molecular complexity index is 462. The first-order valence-electron chi connectivity index (χ1n) is 6.24. The van der Waals surface area contributed by atoms with E-state index in [1.165, 1.54) is 0 Å². The van der Waals surface area contributed by atoms with Crippen molar-refractivity contribution in [2.45, 2.75) is 27.2 Å². The fourth-order valence-corrected chi connectivity index (χ4v) is 1.85. The Labute approximate surface area is 112 Å². The SMILES string of the molecule is CCN(CCCO)c1nnc(C)c(C)c1C(N)=NO. The number of oxime groups is 1. The van der Waals surface area contributed by atoms with Crippen LogP contribution in [-0.2, 0) is 0 Å². The van der Waals surface area contributed by atoms with Crippen LogP contribution in [-0.4, -0.2) is 46.0 Å². The number of nitrogens with two attached hydrogens (primary N) is 1. The standard InChI is InChI=1S/C12H21N5O2/c1-4-17(6-5-7-18)12-10(11(13)16-19)8(2)9(3)14-15-12/h18-19H,4-7H2,1-3H3,(H2,13,16). The lowest BCUT2D eigenvalue weighted by Crippen LogP contribution is -2.30. The first-order valence-corrected chi connectivity index (χ1v) is 6.24. The maximum absolute atomic E-state index is 8.93. The summed E-state index contributed by atoms with van der Waals surface area (Å²) in [5.41, 5.74) is 7.91. The molecule has 0 atom stereocenters. The highest BCUT2D eigenvalue weighted by atomic mass is 16.4. The molecule has 7 heteroatoms. The Hall–Kier alpha value is -1.89. The van der Waals surface area contributed by atoms with Crippen LogP contribution < -0.4 is 10.6 Å². The molecule has 0 radical (unpaired) electrons. The first kappa shape index (κ1) is 15.2. The molecular weight excluding hydrogens is 246 g/mol. The number of hydrogen-bond acceptors (Lipinski definition) is 6. The number of aromatic nitrogens is 2. The highest BCUT2D eigenvalue weighted by molar-refractivity contribution is 6.02. The maximum Gasteiger partial charge on any atom is 0.174 e. The van der Waals surface area contributed by atoms with Crippen LogP contribution in [0.4, 0.5) is 5.82 Å². The van der Waals surface area contributed by atoms with Gasteiger partial charge in [-0.2, -0.15) is 5.10 Å². The second kappa shape index (κ2) is 6.89. The van der Waals surface area contributed by atoms with E-state index in [1.54, 1.807) is 0 Å². The maximum atomic E-state index is 8.93. The summed E-state index contributed by atoms with van der Waals surface area (Å²) in [7, 11) is 0. The van der Waals surface area contributed by atoms with Crippen molar-refractivity contribution in [3.8, 4) is 0 Å². The normalized spacial score (nSPS) is 11.7. The predicted molar refractivity (Wildman–Crippen MR) is 73.6 cm³/mol. The predicted octanol–water partition coefficient (Wildman–Crippen LogP) is 0.397. The third-order valence-electron chi connectivity index (χ3n) is 3.07. The highest BCUT2D eigenvalue weighted by Gasteiger charge is 2.19. The van der Waals surface area contributed by atoms with Gasteiger partial charge in [-0.15, -0.1) is 5.10 Å². The van der Waals surface area contributed by atoms with E-state index in [1.807, 2.05) is 25.7 Å². The lowest BCUT2D eigenvalue weighted by molar-refractivity contribution is 0.289. The van der Waals surface area contributed by atoms with E-state index >= 15 is 0 Å². The van der Waals surface area contributed by atoms with Gasteiger partial charge < -0.3 is 20.9 Å². The summed E-state index contributed by atoms with van der Waals surface area (Å²) >= 11 is 0. The van der Waals surface area contributed by atoms with E-state index in [-0.39, 0.29) is 12.4 Å². The van der Waals surface area contributed by atoms with Gasteiger partial charge in [0.25, 0.3) is 0 Å². The molecule has 0 fully saturated rings. The molecule has 0 aliphatic rings.